The van der Waals surface area contributed by atoms with Gasteiger partial charge < -0.3 is 0 Å². The average molecular weight is 306 g/mol. The minimum Gasteiger partial charge on any atom is -0.295 e. The zero-order valence-electron chi connectivity index (χ0n) is 13.4. The molecule has 0 saturated heterocycles. The summed E-state index contributed by atoms with van der Waals surface area (Å²) in [4.78, 5) is 34.4. The van der Waals surface area contributed by atoms with Crippen molar-refractivity contribution in [1.29, 1.82) is 0 Å². The zero-order chi connectivity index (χ0) is 17.0. The number of carbonyl (C=O) groups excluding carboxylic acids is 3. The highest BCUT2D eigenvalue weighted by molar-refractivity contribution is 6.00. The van der Waals surface area contributed by atoms with Crippen LogP contribution in [-0.2, 0) is 0 Å². The summed E-state index contributed by atoms with van der Waals surface area (Å²) in [5, 5.41) is 0. The Morgan fingerprint density at radius 3 is 1.48 bits per heavy atom. The van der Waals surface area contributed by atoms with Crippen molar-refractivity contribution in [2.24, 2.45) is 0 Å². The van der Waals surface area contributed by atoms with Gasteiger partial charge in [-0.1, -0.05) is 36.4 Å². The molecule has 0 aromatic heterocycles. The van der Waals surface area contributed by atoms with Crippen LogP contribution in [0.15, 0.2) is 42.5 Å². The number of carbonyl (C=O) groups is 3. The van der Waals surface area contributed by atoms with Gasteiger partial charge in [0.25, 0.3) is 0 Å². The van der Waals surface area contributed by atoms with Crippen LogP contribution in [0.5, 0.6) is 0 Å². The highest BCUT2D eigenvalue weighted by Crippen LogP contribution is 2.15. The first kappa shape index (κ1) is 16.6. The van der Waals surface area contributed by atoms with E-state index in [9.17, 15) is 14.4 Å². The summed E-state index contributed by atoms with van der Waals surface area (Å²) in [5.41, 5.74) is 3.43. The first-order valence-corrected chi connectivity index (χ1v) is 7.33. The molecule has 0 heterocycles. The Morgan fingerprint density at radius 1 is 0.609 bits per heavy atom. The second-order valence-electron chi connectivity index (χ2n) is 5.47. The molecule has 0 aliphatic heterocycles. The van der Waals surface area contributed by atoms with E-state index in [2.05, 4.69) is 0 Å². The first-order valence-electron chi connectivity index (χ1n) is 7.33. The van der Waals surface area contributed by atoms with Gasteiger partial charge in [0, 0.05) is 16.7 Å². The van der Waals surface area contributed by atoms with Gasteiger partial charge in [-0.15, -0.1) is 0 Å². The summed E-state index contributed by atoms with van der Waals surface area (Å²) in [6, 6.07) is 12.4. The van der Waals surface area contributed by atoms with Crippen molar-refractivity contribution in [3.8, 4) is 0 Å². The molecule has 0 saturated carbocycles. The van der Waals surface area contributed by atoms with Crippen LogP contribution in [-0.4, -0.2) is 17.3 Å². The molecule has 23 heavy (non-hydrogen) atoms. The minimum atomic E-state index is -0.0754. The third-order valence-electron chi connectivity index (χ3n) is 3.55. The lowest BCUT2D eigenvalue weighted by atomic mass is 10.0. The second-order valence-corrected chi connectivity index (χ2v) is 5.47. The van der Waals surface area contributed by atoms with Gasteiger partial charge in [-0.2, -0.15) is 0 Å². The fraction of sp³-hybridized carbons (Fsp3) is 0.150. The van der Waals surface area contributed by atoms with Gasteiger partial charge >= 0.3 is 0 Å². The number of hydrogen-bond acceptors (Lipinski definition) is 3. The van der Waals surface area contributed by atoms with Crippen molar-refractivity contribution >= 4 is 29.5 Å². The minimum absolute atomic E-state index is 0.0285. The Balaban J connectivity index is 2.32. The van der Waals surface area contributed by atoms with E-state index in [-0.39, 0.29) is 17.3 Å². The third kappa shape index (κ3) is 4.33. The van der Waals surface area contributed by atoms with Crippen LogP contribution >= 0.6 is 0 Å². The van der Waals surface area contributed by atoms with Crippen LogP contribution in [0.1, 0.15) is 63.0 Å². The van der Waals surface area contributed by atoms with Crippen molar-refractivity contribution < 1.29 is 14.4 Å². The molecule has 2 aromatic carbocycles. The number of benzene rings is 2. The highest BCUT2D eigenvalue weighted by Gasteiger charge is 2.06. The van der Waals surface area contributed by atoms with Crippen LogP contribution in [0, 0.1) is 0 Å². The van der Waals surface area contributed by atoms with E-state index in [0.29, 0.717) is 16.7 Å². The van der Waals surface area contributed by atoms with Crippen molar-refractivity contribution in [2.45, 2.75) is 20.8 Å². The van der Waals surface area contributed by atoms with Crippen LogP contribution in [0.2, 0.25) is 0 Å². The standard InChI is InChI=1S/C20H18O3/c1-13(21)18-8-6-16(7-9-18)4-5-17-10-19(14(2)22)12-20(11-17)15(3)23/h4-12H,1-3H3. The fourth-order valence-electron chi connectivity index (χ4n) is 2.18. The van der Waals surface area contributed by atoms with Gasteiger partial charge in [0.2, 0.25) is 0 Å². The summed E-state index contributed by atoms with van der Waals surface area (Å²) in [7, 11) is 0. The van der Waals surface area contributed by atoms with Crippen LogP contribution < -0.4 is 0 Å². The van der Waals surface area contributed by atoms with Crippen molar-refractivity contribution in [1.82, 2.24) is 0 Å². The molecule has 0 aliphatic carbocycles. The summed E-state index contributed by atoms with van der Waals surface area (Å²) in [6.07, 6.45) is 3.73. The van der Waals surface area contributed by atoms with E-state index in [1.165, 1.54) is 20.8 Å². The SMILES string of the molecule is CC(=O)c1ccc(C=Cc2cc(C(C)=O)cc(C(C)=O)c2)cc1. The van der Waals surface area contributed by atoms with E-state index in [0.717, 1.165) is 11.1 Å². The number of rotatable bonds is 5. The Bertz CT molecular complexity index is 764. The van der Waals surface area contributed by atoms with Gasteiger partial charge in [0.05, 0.1) is 0 Å². The first-order chi connectivity index (χ1) is 10.9. The van der Waals surface area contributed by atoms with Crippen LogP contribution in [0.4, 0.5) is 0 Å². The smallest absolute Gasteiger partial charge is 0.159 e. The van der Waals surface area contributed by atoms with Gasteiger partial charge in [0.15, 0.2) is 17.3 Å². The molecule has 2 rings (SSSR count). The highest BCUT2D eigenvalue weighted by atomic mass is 16.1. The fourth-order valence-corrected chi connectivity index (χ4v) is 2.18. The predicted octanol–water partition coefficient (Wildman–Crippen LogP) is 4.46. The lowest BCUT2D eigenvalue weighted by Crippen LogP contribution is -1.99. The van der Waals surface area contributed by atoms with E-state index < -0.39 is 0 Å². The van der Waals surface area contributed by atoms with E-state index in [4.69, 9.17) is 0 Å². The van der Waals surface area contributed by atoms with Crippen molar-refractivity contribution in [3.63, 3.8) is 0 Å². The van der Waals surface area contributed by atoms with Crippen LogP contribution in [0.3, 0.4) is 0 Å². The molecule has 0 amide bonds. The molecule has 2 aromatic rings. The summed E-state index contributed by atoms with van der Waals surface area (Å²) < 4.78 is 0. The van der Waals surface area contributed by atoms with E-state index in [1.807, 2.05) is 24.3 Å². The summed E-state index contributed by atoms with van der Waals surface area (Å²) in [6.45, 7) is 4.49. The van der Waals surface area contributed by atoms with E-state index >= 15 is 0 Å². The molecule has 0 radical (unpaired) electrons. The summed E-state index contributed by atoms with van der Waals surface area (Å²) in [5.74, 6) is -0.122. The zero-order valence-corrected chi connectivity index (χ0v) is 13.4. The molecular formula is C20H18O3. The maximum Gasteiger partial charge on any atom is 0.159 e. The average Bonchev–Trinajstić information content (AvgIpc) is 2.52. The molecule has 0 spiro atoms. The van der Waals surface area contributed by atoms with E-state index in [1.54, 1.807) is 30.3 Å². The van der Waals surface area contributed by atoms with Gasteiger partial charge in [-0.25, -0.2) is 0 Å². The number of hydrogen-bond donors (Lipinski definition) is 0. The van der Waals surface area contributed by atoms with Gasteiger partial charge in [-0.3, -0.25) is 14.4 Å². The Kier molecular flexibility index (Phi) is 5.02. The largest absolute Gasteiger partial charge is 0.295 e. The predicted molar refractivity (Wildman–Crippen MR) is 91.8 cm³/mol. The molecule has 0 aliphatic rings. The molecule has 0 fully saturated rings. The van der Waals surface area contributed by atoms with Crippen molar-refractivity contribution in [3.05, 3.63) is 70.3 Å². The molecule has 0 unspecified atom stereocenters. The second kappa shape index (κ2) is 6.97. The van der Waals surface area contributed by atoms with Gasteiger partial charge in [-0.05, 0) is 50.1 Å². The molecule has 0 bridgehead atoms. The Hall–Kier alpha value is -2.81. The Morgan fingerprint density at radius 2 is 1.04 bits per heavy atom. The third-order valence-corrected chi connectivity index (χ3v) is 3.55. The maximum atomic E-state index is 11.6. The number of ketones is 3. The Labute approximate surface area is 135 Å². The lowest BCUT2D eigenvalue weighted by molar-refractivity contribution is 0.100. The molecule has 0 N–H and O–H groups in total. The topological polar surface area (TPSA) is 51.2 Å². The molecule has 116 valence electrons. The monoisotopic (exact) mass is 306 g/mol. The lowest BCUT2D eigenvalue weighted by Gasteiger charge is -2.03. The molecular weight excluding hydrogens is 288 g/mol. The van der Waals surface area contributed by atoms with Gasteiger partial charge in [0.1, 0.15) is 0 Å². The number of Topliss-reactive ketones (excluding diaryl/α,β-unsaturated/α-hetero) is 3. The molecule has 0 atom stereocenters. The maximum absolute atomic E-state index is 11.6. The van der Waals surface area contributed by atoms with Crippen LogP contribution in [0.25, 0.3) is 12.2 Å². The molecule has 3 heteroatoms. The van der Waals surface area contributed by atoms with Crippen molar-refractivity contribution in [2.75, 3.05) is 0 Å². The molecule has 3 nitrogen and oxygen atoms in total. The summed E-state index contributed by atoms with van der Waals surface area (Å²) >= 11 is 0. The quantitative estimate of drug-likeness (QED) is 0.605. The normalized spacial score (nSPS) is 10.7.